The van der Waals surface area contributed by atoms with Gasteiger partial charge in [-0.1, -0.05) is 39.8 Å². The molecule has 1 amide bonds. The van der Waals surface area contributed by atoms with Crippen LogP contribution in [-0.2, 0) is 14.8 Å². The lowest BCUT2D eigenvalue weighted by Gasteiger charge is -2.33. The minimum atomic E-state index is -3.48. The van der Waals surface area contributed by atoms with Gasteiger partial charge in [-0.3, -0.25) is 9.69 Å². The smallest absolute Gasteiger partial charge is 0.243 e. The molecular weight excluding hydrogens is 374 g/mol. The summed E-state index contributed by atoms with van der Waals surface area (Å²) in [5, 5.41) is 3.04. The molecule has 1 heterocycles. The van der Waals surface area contributed by atoms with Crippen molar-refractivity contribution < 1.29 is 13.2 Å². The van der Waals surface area contributed by atoms with Crippen LogP contribution in [0.3, 0.4) is 0 Å². The van der Waals surface area contributed by atoms with Crippen molar-refractivity contribution in [2.75, 3.05) is 32.7 Å². The zero-order chi connectivity index (χ0) is 20.7. The van der Waals surface area contributed by atoms with Crippen LogP contribution in [-0.4, -0.2) is 62.3 Å². The monoisotopic (exact) mass is 409 g/mol. The predicted molar refractivity (Wildman–Crippen MR) is 113 cm³/mol. The highest BCUT2D eigenvalue weighted by Crippen LogP contribution is 2.23. The van der Waals surface area contributed by atoms with Crippen LogP contribution in [0.5, 0.6) is 0 Å². The van der Waals surface area contributed by atoms with E-state index in [1.807, 2.05) is 17.0 Å². The third-order valence-electron chi connectivity index (χ3n) is 5.75. The standard InChI is InChI=1S/C21H35N3O3S/c1-5-17(4)18-8-10-20(11-9-18)28(26,27)24-14-12-23(13-15-24)16-21(25)22-19(6-2)7-3/h8-11,17,19H,5-7,12-16H2,1-4H3,(H,22,25)/t17-/m0/s1. The van der Waals surface area contributed by atoms with Crippen molar-refractivity contribution >= 4 is 15.9 Å². The van der Waals surface area contributed by atoms with E-state index in [1.54, 1.807) is 12.1 Å². The number of sulfonamides is 1. The fraction of sp³-hybridized carbons (Fsp3) is 0.667. The molecule has 2 rings (SSSR count). The molecule has 1 aliphatic rings. The van der Waals surface area contributed by atoms with Gasteiger partial charge in [0.05, 0.1) is 11.4 Å². The molecule has 0 bridgehead atoms. The number of hydrogen-bond donors (Lipinski definition) is 1. The molecule has 0 spiro atoms. The van der Waals surface area contributed by atoms with Crippen LogP contribution in [0.1, 0.15) is 58.4 Å². The largest absolute Gasteiger partial charge is 0.352 e. The first kappa shape index (κ1) is 22.8. The van der Waals surface area contributed by atoms with Gasteiger partial charge in [-0.05, 0) is 42.9 Å². The summed E-state index contributed by atoms with van der Waals surface area (Å²) in [6.07, 6.45) is 2.87. The molecule has 0 saturated carbocycles. The Morgan fingerprint density at radius 2 is 1.57 bits per heavy atom. The first-order valence-corrected chi connectivity index (χ1v) is 11.9. The summed E-state index contributed by atoms with van der Waals surface area (Å²) in [4.78, 5) is 14.5. The van der Waals surface area contributed by atoms with Gasteiger partial charge in [0.2, 0.25) is 15.9 Å². The van der Waals surface area contributed by atoms with E-state index >= 15 is 0 Å². The van der Waals surface area contributed by atoms with Gasteiger partial charge >= 0.3 is 0 Å². The van der Waals surface area contributed by atoms with Gasteiger partial charge in [0.25, 0.3) is 0 Å². The maximum Gasteiger partial charge on any atom is 0.243 e. The van der Waals surface area contributed by atoms with Crippen LogP contribution in [0.25, 0.3) is 0 Å². The molecule has 0 unspecified atom stereocenters. The van der Waals surface area contributed by atoms with Crippen molar-refractivity contribution in [1.29, 1.82) is 0 Å². The van der Waals surface area contributed by atoms with E-state index in [2.05, 4.69) is 33.0 Å². The summed E-state index contributed by atoms with van der Waals surface area (Å²) in [7, 11) is -3.48. The Morgan fingerprint density at radius 1 is 1.00 bits per heavy atom. The first-order valence-electron chi connectivity index (χ1n) is 10.4. The van der Waals surface area contributed by atoms with Gasteiger partial charge in [-0.2, -0.15) is 4.31 Å². The van der Waals surface area contributed by atoms with Gasteiger partial charge in [-0.15, -0.1) is 0 Å². The molecule has 1 atom stereocenters. The number of hydrogen-bond acceptors (Lipinski definition) is 4. The summed E-state index contributed by atoms with van der Waals surface area (Å²) in [6, 6.07) is 7.48. The lowest BCUT2D eigenvalue weighted by molar-refractivity contribution is -0.123. The SMILES string of the molecule is CCC(CC)NC(=O)CN1CCN(S(=O)(=O)c2ccc([C@@H](C)CC)cc2)CC1. The van der Waals surface area contributed by atoms with Crippen LogP contribution < -0.4 is 5.32 Å². The number of rotatable bonds is 9. The third-order valence-corrected chi connectivity index (χ3v) is 7.66. The van der Waals surface area contributed by atoms with Gasteiger partial charge in [0, 0.05) is 32.2 Å². The Bertz CT molecular complexity index is 722. The molecule has 1 N–H and O–H groups in total. The van der Waals surface area contributed by atoms with E-state index < -0.39 is 10.0 Å². The first-order chi connectivity index (χ1) is 13.3. The van der Waals surface area contributed by atoms with Crippen molar-refractivity contribution in [2.45, 2.75) is 63.8 Å². The number of nitrogens with zero attached hydrogens (tertiary/aromatic N) is 2. The number of amides is 1. The second-order valence-corrected chi connectivity index (χ2v) is 9.58. The Kier molecular flexibility index (Phi) is 8.46. The van der Waals surface area contributed by atoms with E-state index in [-0.39, 0.29) is 11.9 Å². The highest BCUT2D eigenvalue weighted by atomic mass is 32.2. The van der Waals surface area contributed by atoms with Crippen molar-refractivity contribution in [3.05, 3.63) is 29.8 Å². The Morgan fingerprint density at radius 3 is 2.07 bits per heavy atom. The van der Waals surface area contributed by atoms with Crippen LogP contribution in [0.4, 0.5) is 0 Å². The molecule has 6 nitrogen and oxygen atoms in total. The molecule has 0 aliphatic carbocycles. The van der Waals surface area contributed by atoms with E-state index in [0.29, 0.717) is 43.5 Å². The van der Waals surface area contributed by atoms with Crippen molar-refractivity contribution in [3.63, 3.8) is 0 Å². The van der Waals surface area contributed by atoms with E-state index in [9.17, 15) is 13.2 Å². The minimum absolute atomic E-state index is 0.0191. The number of piperazine rings is 1. The average molecular weight is 410 g/mol. The number of benzene rings is 1. The maximum atomic E-state index is 12.9. The lowest BCUT2D eigenvalue weighted by atomic mass is 9.99. The topological polar surface area (TPSA) is 69.7 Å². The second-order valence-electron chi connectivity index (χ2n) is 7.64. The molecule has 1 aromatic carbocycles. The minimum Gasteiger partial charge on any atom is -0.352 e. The van der Waals surface area contributed by atoms with Crippen molar-refractivity contribution in [1.82, 2.24) is 14.5 Å². The maximum absolute atomic E-state index is 12.9. The zero-order valence-electron chi connectivity index (χ0n) is 17.6. The molecule has 158 valence electrons. The molecule has 0 radical (unpaired) electrons. The molecule has 1 aromatic rings. The molecule has 0 aromatic heterocycles. The number of nitrogens with one attached hydrogen (secondary N) is 1. The zero-order valence-corrected chi connectivity index (χ0v) is 18.5. The highest BCUT2D eigenvalue weighted by molar-refractivity contribution is 7.89. The molecule has 7 heteroatoms. The van der Waals surface area contributed by atoms with Crippen molar-refractivity contribution in [3.8, 4) is 0 Å². The summed E-state index contributed by atoms with van der Waals surface area (Å²) in [5.41, 5.74) is 1.16. The number of carbonyl (C=O) groups is 1. The van der Waals surface area contributed by atoms with E-state index in [4.69, 9.17) is 0 Å². The Hall–Kier alpha value is -1.44. The fourth-order valence-corrected chi connectivity index (χ4v) is 4.87. The summed E-state index contributed by atoms with van der Waals surface area (Å²) in [5.74, 6) is 0.442. The molecule has 28 heavy (non-hydrogen) atoms. The van der Waals surface area contributed by atoms with Crippen molar-refractivity contribution in [2.24, 2.45) is 0 Å². The normalized spacial score (nSPS) is 17.6. The van der Waals surface area contributed by atoms with Crippen LogP contribution >= 0.6 is 0 Å². The van der Waals surface area contributed by atoms with E-state index in [1.165, 1.54) is 4.31 Å². The summed E-state index contributed by atoms with van der Waals surface area (Å²) >= 11 is 0. The highest BCUT2D eigenvalue weighted by Gasteiger charge is 2.29. The lowest BCUT2D eigenvalue weighted by Crippen LogP contribution is -2.51. The Labute approximate surface area is 170 Å². The second kappa shape index (κ2) is 10.4. The van der Waals surface area contributed by atoms with Gasteiger partial charge < -0.3 is 5.32 Å². The molecule has 1 fully saturated rings. The predicted octanol–water partition coefficient (Wildman–Crippen LogP) is 2.81. The van der Waals surface area contributed by atoms with Crippen LogP contribution in [0, 0.1) is 0 Å². The quantitative estimate of drug-likeness (QED) is 0.681. The molecule has 1 saturated heterocycles. The Balaban J connectivity index is 1.92. The van der Waals surface area contributed by atoms with Gasteiger partial charge in [0.1, 0.15) is 0 Å². The van der Waals surface area contributed by atoms with Crippen LogP contribution in [0.15, 0.2) is 29.2 Å². The van der Waals surface area contributed by atoms with E-state index in [0.717, 1.165) is 24.8 Å². The average Bonchev–Trinajstić information content (AvgIpc) is 2.71. The molecular formula is C21H35N3O3S. The van der Waals surface area contributed by atoms with Gasteiger partial charge in [0.15, 0.2) is 0 Å². The molecule has 1 aliphatic heterocycles. The summed E-state index contributed by atoms with van der Waals surface area (Å²) < 4.78 is 27.4. The third kappa shape index (κ3) is 5.78. The fourth-order valence-electron chi connectivity index (χ4n) is 3.45. The van der Waals surface area contributed by atoms with Crippen LogP contribution in [0.2, 0.25) is 0 Å². The van der Waals surface area contributed by atoms with Gasteiger partial charge in [-0.25, -0.2) is 8.42 Å². The summed E-state index contributed by atoms with van der Waals surface area (Å²) in [6.45, 7) is 10.7. The number of carbonyl (C=O) groups excluding carboxylic acids is 1.